The zero-order valence-corrected chi connectivity index (χ0v) is 12.1. The standard InChI is InChI=1S/C16H18N2O3/c1-10-8-17-15(21-10)9-18-16(19)14-7-13(14)11-4-3-5-12(6-11)20-2/h3-6,8,13-14H,7,9H2,1-2H3,(H,18,19)/t13-,14-/m0/s1. The summed E-state index contributed by atoms with van der Waals surface area (Å²) >= 11 is 0. The molecule has 2 aromatic rings. The van der Waals surface area contributed by atoms with Crippen LogP contribution in [-0.4, -0.2) is 18.0 Å². The first-order valence-electron chi connectivity index (χ1n) is 7.00. The molecule has 3 rings (SSSR count). The zero-order chi connectivity index (χ0) is 14.8. The normalized spacial score (nSPS) is 20.1. The van der Waals surface area contributed by atoms with E-state index in [1.54, 1.807) is 13.3 Å². The van der Waals surface area contributed by atoms with Gasteiger partial charge in [0.05, 0.1) is 19.9 Å². The smallest absolute Gasteiger partial charge is 0.224 e. The van der Waals surface area contributed by atoms with Crippen molar-refractivity contribution in [3.63, 3.8) is 0 Å². The van der Waals surface area contributed by atoms with Crippen molar-refractivity contribution in [3.05, 3.63) is 47.7 Å². The number of nitrogens with zero attached hydrogens (tertiary/aromatic N) is 1. The highest BCUT2D eigenvalue weighted by molar-refractivity contribution is 5.82. The molecule has 2 atom stereocenters. The molecule has 1 aromatic heterocycles. The summed E-state index contributed by atoms with van der Waals surface area (Å²) in [5.41, 5.74) is 1.15. The van der Waals surface area contributed by atoms with Gasteiger partial charge in [0.25, 0.3) is 0 Å². The molecule has 5 nitrogen and oxygen atoms in total. The molecule has 110 valence electrons. The van der Waals surface area contributed by atoms with Gasteiger partial charge in [0.2, 0.25) is 11.8 Å². The Balaban J connectivity index is 1.55. The van der Waals surface area contributed by atoms with Gasteiger partial charge in [-0.05, 0) is 37.0 Å². The Labute approximate surface area is 123 Å². The van der Waals surface area contributed by atoms with E-state index < -0.39 is 0 Å². The third-order valence-corrected chi connectivity index (χ3v) is 3.73. The molecular formula is C16H18N2O3. The molecule has 1 N–H and O–H groups in total. The zero-order valence-electron chi connectivity index (χ0n) is 12.1. The van der Waals surface area contributed by atoms with E-state index in [2.05, 4.69) is 10.3 Å². The third kappa shape index (κ3) is 3.07. The number of rotatable bonds is 5. The van der Waals surface area contributed by atoms with Crippen LogP contribution in [0.2, 0.25) is 0 Å². The number of ether oxygens (including phenoxy) is 1. The van der Waals surface area contributed by atoms with Crippen LogP contribution in [0.3, 0.4) is 0 Å². The van der Waals surface area contributed by atoms with Gasteiger partial charge in [-0.25, -0.2) is 4.98 Å². The topological polar surface area (TPSA) is 64.4 Å². The van der Waals surface area contributed by atoms with Gasteiger partial charge >= 0.3 is 0 Å². The van der Waals surface area contributed by atoms with Crippen molar-refractivity contribution in [3.8, 4) is 5.75 Å². The summed E-state index contributed by atoms with van der Waals surface area (Å²) in [7, 11) is 1.65. The van der Waals surface area contributed by atoms with Crippen LogP contribution in [0.25, 0.3) is 0 Å². The quantitative estimate of drug-likeness (QED) is 0.916. The second kappa shape index (κ2) is 5.60. The summed E-state index contributed by atoms with van der Waals surface area (Å²) in [4.78, 5) is 16.2. The van der Waals surface area contributed by atoms with Gasteiger partial charge in [-0.2, -0.15) is 0 Å². The summed E-state index contributed by atoms with van der Waals surface area (Å²) in [6, 6.07) is 7.90. The second-order valence-electron chi connectivity index (χ2n) is 5.31. The van der Waals surface area contributed by atoms with Gasteiger partial charge < -0.3 is 14.5 Å². The van der Waals surface area contributed by atoms with Crippen molar-refractivity contribution < 1.29 is 13.9 Å². The number of amides is 1. The van der Waals surface area contributed by atoms with E-state index in [0.717, 1.165) is 23.5 Å². The Kier molecular flexibility index (Phi) is 3.64. The summed E-state index contributed by atoms with van der Waals surface area (Å²) in [5, 5.41) is 2.88. The fraction of sp³-hybridized carbons (Fsp3) is 0.375. The molecule has 1 heterocycles. The Morgan fingerprint density at radius 2 is 2.38 bits per heavy atom. The second-order valence-corrected chi connectivity index (χ2v) is 5.31. The number of aryl methyl sites for hydroxylation is 1. The van der Waals surface area contributed by atoms with E-state index in [4.69, 9.17) is 9.15 Å². The lowest BCUT2D eigenvalue weighted by Gasteiger charge is -2.04. The minimum absolute atomic E-state index is 0.0353. The van der Waals surface area contributed by atoms with E-state index in [-0.39, 0.29) is 17.7 Å². The first-order valence-corrected chi connectivity index (χ1v) is 7.00. The van der Waals surface area contributed by atoms with Gasteiger partial charge in [0.15, 0.2) is 0 Å². The lowest BCUT2D eigenvalue weighted by atomic mass is 10.1. The van der Waals surface area contributed by atoms with Crippen LogP contribution in [0.4, 0.5) is 0 Å². The van der Waals surface area contributed by atoms with Crippen molar-refractivity contribution in [2.75, 3.05) is 7.11 Å². The molecule has 5 heteroatoms. The fourth-order valence-electron chi connectivity index (χ4n) is 2.50. The van der Waals surface area contributed by atoms with Gasteiger partial charge in [-0.3, -0.25) is 4.79 Å². The summed E-state index contributed by atoms with van der Waals surface area (Å²) in [6.45, 7) is 2.17. The van der Waals surface area contributed by atoms with Crippen LogP contribution in [0.1, 0.15) is 29.6 Å². The van der Waals surface area contributed by atoms with Crippen LogP contribution in [-0.2, 0) is 11.3 Å². The highest BCUT2D eigenvalue weighted by Gasteiger charge is 2.43. The molecule has 1 aromatic carbocycles. The first-order chi connectivity index (χ1) is 10.2. The molecule has 21 heavy (non-hydrogen) atoms. The molecule has 0 spiro atoms. The van der Waals surface area contributed by atoms with E-state index in [1.165, 1.54) is 0 Å². The van der Waals surface area contributed by atoms with Gasteiger partial charge in [-0.15, -0.1) is 0 Å². The Bertz CT molecular complexity index is 650. The highest BCUT2D eigenvalue weighted by atomic mass is 16.5. The Hall–Kier alpha value is -2.30. The largest absolute Gasteiger partial charge is 0.497 e. The first kappa shape index (κ1) is 13.7. The summed E-state index contributed by atoms with van der Waals surface area (Å²) in [6.07, 6.45) is 2.53. The maximum Gasteiger partial charge on any atom is 0.224 e. The lowest BCUT2D eigenvalue weighted by molar-refractivity contribution is -0.122. The molecule has 0 radical (unpaired) electrons. The van der Waals surface area contributed by atoms with Crippen LogP contribution in [0.5, 0.6) is 5.75 Å². The van der Waals surface area contributed by atoms with Crippen molar-refractivity contribution in [2.45, 2.75) is 25.8 Å². The average molecular weight is 286 g/mol. The molecule has 0 unspecified atom stereocenters. The molecule has 1 aliphatic rings. The van der Waals surface area contributed by atoms with E-state index >= 15 is 0 Å². The number of benzene rings is 1. The number of carbonyl (C=O) groups excluding carboxylic acids is 1. The third-order valence-electron chi connectivity index (χ3n) is 3.73. The predicted octanol–water partition coefficient (Wildman–Crippen LogP) is 2.41. The summed E-state index contributed by atoms with van der Waals surface area (Å²) < 4.78 is 10.5. The molecule has 0 bridgehead atoms. The van der Waals surface area contributed by atoms with Gasteiger partial charge in [-0.1, -0.05) is 12.1 Å². The van der Waals surface area contributed by atoms with Crippen LogP contribution >= 0.6 is 0 Å². The minimum atomic E-state index is 0.0353. The van der Waals surface area contributed by atoms with Crippen molar-refractivity contribution in [1.29, 1.82) is 0 Å². The molecular weight excluding hydrogens is 268 g/mol. The maximum absolute atomic E-state index is 12.1. The van der Waals surface area contributed by atoms with E-state index in [0.29, 0.717) is 12.4 Å². The highest BCUT2D eigenvalue weighted by Crippen LogP contribution is 2.48. The Morgan fingerprint density at radius 3 is 3.10 bits per heavy atom. The van der Waals surface area contributed by atoms with Crippen LogP contribution in [0, 0.1) is 12.8 Å². The van der Waals surface area contributed by atoms with Crippen LogP contribution < -0.4 is 10.1 Å². The molecule has 1 aliphatic carbocycles. The van der Waals surface area contributed by atoms with Crippen molar-refractivity contribution >= 4 is 5.91 Å². The average Bonchev–Trinajstić information content (AvgIpc) is 3.21. The molecule has 1 saturated carbocycles. The number of aromatic nitrogens is 1. The van der Waals surface area contributed by atoms with Crippen molar-refractivity contribution in [1.82, 2.24) is 10.3 Å². The lowest BCUT2D eigenvalue weighted by Crippen LogP contribution is -2.25. The molecule has 0 saturated heterocycles. The number of oxazole rings is 1. The summed E-state index contributed by atoms with van der Waals surface area (Å²) in [5.74, 6) is 2.49. The van der Waals surface area contributed by atoms with Gasteiger partial charge in [0, 0.05) is 5.92 Å². The predicted molar refractivity (Wildman–Crippen MR) is 76.9 cm³/mol. The number of hydrogen-bond donors (Lipinski definition) is 1. The number of hydrogen-bond acceptors (Lipinski definition) is 4. The molecule has 1 fully saturated rings. The number of nitrogens with one attached hydrogen (secondary N) is 1. The van der Waals surface area contributed by atoms with E-state index in [9.17, 15) is 4.79 Å². The maximum atomic E-state index is 12.1. The van der Waals surface area contributed by atoms with Gasteiger partial charge in [0.1, 0.15) is 11.5 Å². The van der Waals surface area contributed by atoms with Crippen molar-refractivity contribution in [2.24, 2.45) is 5.92 Å². The molecule has 1 amide bonds. The SMILES string of the molecule is COc1cccc([C@@H]2C[C@@H]2C(=O)NCc2ncc(C)o2)c1. The Morgan fingerprint density at radius 1 is 1.52 bits per heavy atom. The number of methoxy groups -OCH3 is 1. The fourth-order valence-corrected chi connectivity index (χ4v) is 2.50. The van der Waals surface area contributed by atoms with E-state index in [1.807, 2.05) is 31.2 Å². The minimum Gasteiger partial charge on any atom is -0.497 e. The molecule has 0 aliphatic heterocycles. The number of carbonyl (C=O) groups is 1. The monoisotopic (exact) mass is 286 g/mol. The van der Waals surface area contributed by atoms with Crippen LogP contribution in [0.15, 0.2) is 34.9 Å².